The fourth-order valence-electron chi connectivity index (χ4n) is 2.24. The van der Waals surface area contributed by atoms with Crippen LogP contribution in [0.4, 0.5) is 0 Å². The van der Waals surface area contributed by atoms with Gasteiger partial charge in [-0.1, -0.05) is 19.3 Å². The minimum absolute atomic E-state index is 0.134. The number of amides is 1. The van der Waals surface area contributed by atoms with Crippen LogP contribution in [0.3, 0.4) is 0 Å². The first-order valence-electron chi connectivity index (χ1n) is 6.25. The molecule has 2 N–H and O–H groups in total. The second-order valence-electron chi connectivity index (χ2n) is 4.64. The molecule has 1 aliphatic rings. The Morgan fingerprint density at radius 1 is 1.28 bits per heavy atom. The van der Waals surface area contributed by atoms with E-state index in [-0.39, 0.29) is 29.6 Å². The molecule has 18 heavy (non-hydrogen) atoms. The van der Waals surface area contributed by atoms with Crippen LogP contribution in [0.1, 0.15) is 32.1 Å². The first kappa shape index (κ1) is 12.6. The molecule has 1 saturated carbocycles. The van der Waals surface area contributed by atoms with E-state index in [0.717, 1.165) is 42.5 Å². The average Bonchev–Trinajstić information content (AvgIpc) is 2.35. The molecule has 6 nitrogen and oxygen atoms in total. The zero-order valence-electron chi connectivity index (χ0n) is 10.1. The summed E-state index contributed by atoms with van der Waals surface area (Å²) in [6.07, 6.45) is 5.47. The highest BCUT2D eigenvalue weighted by atomic mass is 16.2. The van der Waals surface area contributed by atoms with E-state index in [1.807, 2.05) is 0 Å². The minimum Gasteiger partial charge on any atom is -0.352 e. The second kappa shape index (κ2) is 5.66. The van der Waals surface area contributed by atoms with E-state index in [0.29, 0.717) is 0 Å². The molecule has 6 heteroatoms. The van der Waals surface area contributed by atoms with E-state index in [9.17, 15) is 14.4 Å². The number of H-pyrrole nitrogens is 1. The number of rotatable bonds is 3. The van der Waals surface area contributed by atoms with Crippen LogP contribution < -0.4 is 16.4 Å². The quantitative estimate of drug-likeness (QED) is 0.792. The topological polar surface area (TPSA) is 84.0 Å². The predicted molar refractivity (Wildman–Crippen MR) is 66.3 cm³/mol. The van der Waals surface area contributed by atoms with Gasteiger partial charge in [-0.15, -0.1) is 0 Å². The number of hydrogen-bond donors (Lipinski definition) is 2. The monoisotopic (exact) mass is 251 g/mol. The first-order chi connectivity index (χ1) is 8.65. The van der Waals surface area contributed by atoms with Crippen LogP contribution in [0.25, 0.3) is 0 Å². The number of aromatic amines is 1. The molecule has 98 valence electrons. The van der Waals surface area contributed by atoms with Gasteiger partial charge in [-0.25, -0.2) is 4.68 Å². The van der Waals surface area contributed by atoms with Gasteiger partial charge in [0.05, 0.1) is 0 Å². The maximum Gasteiger partial charge on any atom is 0.265 e. The van der Waals surface area contributed by atoms with Crippen LogP contribution in [0.2, 0.25) is 0 Å². The summed E-state index contributed by atoms with van der Waals surface area (Å²) in [6.45, 7) is -0.134. The van der Waals surface area contributed by atoms with Crippen molar-refractivity contribution in [3.05, 3.63) is 32.8 Å². The molecule has 0 unspecified atom stereocenters. The fraction of sp³-hybridized carbons (Fsp3) is 0.583. The van der Waals surface area contributed by atoms with Crippen LogP contribution >= 0.6 is 0 Å². The minimum atomic E-state index is -0.389. The zero-order chi connectivity index (χ0) is 13.0. The molecule has 0 aromatic carbocycles. The van der Waals surface area contributed by atoms with Gasteiger partial charge in [-0.05, 0) is 12.8 Å². The maximum absolute atomic E-state index is 11.8. The molecule has 0 saturated heterocycles. The van der Waals surface area contributed by atoms with Crippen LogP contribution in [-0.2, 0) is 11.3 Å². The lowest BCUT2D eigenvalue weighted by molar-refractivity contribution is -0.122. The highest BCUT2D eigenvalue weighted by Gasteiger charge is 2.16. The summed E-state index contributed by atoms with van der Waals surface area (Å²) in [5.41, 5.74) is -0.770. The van der Waals surface area contributed by atoms with Crippen molar-refractivity contribution >= 4 is 5.91 Å². The molecule has 1 amide bonds. The van der Waals surface area contributed by atoms with Gasteiger partial charge in [0.1, 0.15) is 6.54 Å². The summed E-state index contributed by atoms with van der Waals surface area (Å²) in [5, 5.41) is 5.22. The molecule has 0 spiro atoms. The molecular formula is C12H17N3O3. The highest BCUT2D eigenvalue weighted by Crippen LogP contribution is 2.17. The SMILES string of the molecule is O=C(Cn1[nH]c(=O)ccc1=O)NC1CCCCC1. The van der Waals surface area contributed by atoms with Crippen LogP contribution in [0, 0.1) is 0 Å². The van der Waals surface area contributed by atoms with Gasteiger partial charge in [0.25, 0.3) is 11.1 Å². The number of carbonyl (C=O) groups is 1. The third-order valence-corrected chi connectivity index (χ3v) is 3.16. The Kier molecular flexibility index (Phi) is 3.96. The van der Waals surface area contributed by atoms with Crippen molar-refractivity contribution in [2.24, 2.45) is 0 Å². The molecule has 0 radical (unpaired) electrons. The smallest absolute Gasteiger partial charge is 0.265 e. The largest absolute Gasteiger partial charge is 0.352 e. The lowest BCUT2D eigenvalue weighted by Gasteiger charge is -2.22. The Labute approximate surface area is 104 Å². The van der Waals surface area contributed by atoms with E-state index in [2.05, 4.69) is 10.4 Å². The molecule has 0 aliphatic heterocycles. The number of hydrogen-bond acceptors (Lipinski definition) is 3. The molecular weight excluding hydrogens is 234 g/mol. The van der Waals surface area contributed by atoms with Crippen molar-refractivity contribution in [3.63, 3.8) is 0 Å². The van der Waals surface area contributed by atoms with Crippen molar-refractivity contribution in [1.29, 1.82) is 0 Å². The molecule has 1 heterocycles. The second-order valence-corrected chi connectivity index (χ2v) is 4.64. The summed E-state index contributed by atoms with van der Waals surface area (Å²) in [7, 11) is 0. The lowest BCUT2D eigenvalue weighted by atomic mass is 9.95. The third kappa shape index (κ3) is 3.32. The molecule has 0 bridgehead atoms. The summed E-state index contributed by atoms with van der Waals surface area (Å²) in [5.74, 6) is -0.231. The van der Waals surface area contributed by atoms with Gasteiger partial charge in [-0.3, -0.25) is 19.5 Å². The Morgan fingerprint density at radius 3 is 2.72 bits per heavy atom. The van der Waals surface area contributed by atoms with Crippen molar-refractivity contribution in [2.45, 2.75) is 44.7 Å². The van der Waals surface area contributed by atoms with E-state index in [1.54, 1.807) is 0 Å². The van der Waals surface area contributed by atoms with E-state index in [1.165, 1.54) is 6.42 Å². The number of carbonyl (C=O) groups excluding carboxylic acids is 1. The van der Waals surface area contributed by atoms with Crippen LogP contribution in [0.15, 0.2) is 21.7 Å². The predicted octanol–water partition coefficient (Wildman–Crippen LogP) is -0.0145. The van der Waals surface area contributed by atoms with Gasteiger partial charge >= 0.3 is 0 Å². The number of aromatic nitrogens is 2. The number of nitrogens with zero attached hydrogens (tertiary/aromatic N) is 1. The summed E-state index contributed by atoms with van der Waals surface area (Å²) in [6, 6.07) is 2.52. The van der Waals surface area contributed by atoms with Crippen LogP contribution in [-0.4, -0.2) is 21.7 Å². The average molecular weight is 251 g/mol. The van der Waals surface area contributed by atoms with Gasteiger partial charge < -0.3 is 5.32 Å². The Balaban J connectivity index is 1.96. The first-order valence-corrected chi connectivity index (χ1v) is 6.25. The summed E-state index contributed by atoms with van der Waals surface area (Å²) in [4.78, 5) is 34.2. The molecule has 1 aromatic heterocycles. The van der Waals surface area contributed by atoms with Gasteiger partial charge in [0.2, 0.25) is 5.91 Å². The fourth-order valence-corrected chi connectivity index (χ4v) is 2.24. The normalized spacial score (nSPS) is 16.4. The molecule has 1 aromatic rings. The van der Waals surface area contributed by atoms with Crippen molar-refractivity contribution in [2.75, 3.05) is 0 Å². The Hall–Kier alpha value is -1.85. The van der Waals surface area contributed by atoms with E-state index in [4.69, 9.17) is 0 Å². The van der Waals surface area contributed by atoms with Gasteiger partial charge in [0.15, 0.2) is 0 Å². The zero-order valence-corrected chi connectivity index (χ0v) is 10.1. The maximum atomic E-state index is 11.8. The van der Waals surface area contributed by atoms with Crippen LogP contribution in [0.5, 0.6) is 0 Å². The van der Waals surface area contributed by atoms with Crippen molar-refractivity contribution in [3.8, 4) is 0 Å². The third-order valence-electron chi connectivity index (χ3n) is 3.16. The molecule has 1 aliphatic carbocycles. The molecule has 0 atom stereocenters. The standard InChI is InChI=1S/C12H17N3O3/c16-10-6-7-12(18)15(14-10)8-11(17)13-9-4-2-1-3-5-9/h6-7,9H,1-5,8H2,(H,13,17)(H,14,16). The van der Waals surface area contributed by atoms with Gasteiger partial charge in [-0.2, -0.15) is 0 Å². The van der Waals surface area contributed by atoms with E-state index < -0.39 is 0 Å². The molecule has 2 rings (SSSR count). The lowest BCUT2D eigenvalue weighted by Crippen LogP contribution is -2.41. The Bertz CT molecular complexity index is 526. The Morgan fingerprint density at radius 2 is 2.00 bits per heavy atom. The molecule has 1 fully saturated rings. The van der Waals surface area contributed by atoms with E-state index >= 15 is 0 Å². The number of nitrogens with one attached hydrogen (secondary N) is 2. The summed E-state index contributed by atoms with van der Waals surface area (Å²) < 4.78 is 1.03. The summed E-state index contributed by atoms with van der Waals surface area (Å²) >= 11 is 0. The van der Waals surface area contributed by atoms with Crippen molar-refractivity contribution in [1.82, 2.24) is 15.1 Å². The van der Waals surface area contributed by atoms with Gasteiger partial charge in [0, 0.05) is 18.2 Å². The van der Waals surface area contributed by atoms with Crippen molar-refractivity contribution < 1.29 is 4.79 Å². The highest BCUT2D eigenvalue weighted by molar-refractivity contribution is 5.75.